The fraction of sp³-hybridized carbons (Fsp3) is 0.562. The molecule has 0 heterocycles. The molecule has 0 saturated heterocycles. The monoisotopic (exact) mass is 294 g/mol. The molecule has 0 aliphatic rings. The van der Waals surface area contributed by atoms with Crippen LogP contribution >= 0.6 is 11.8 Å². The van der Waals surface area contributed by atoms with Crippen molar-refractivity contribution in [3.63, 3.8) is 0 Å². The van der Waals surface area contributed by atoms with Gasteiger partial charge in [-0.25, -0.2) is 0 Å². The second-order valence-electron chi connectivity index (χ2n) is 4.79. The van der Waals surface area contributed by atoms with E-state index in [-0.39, 0.29) is 5.91 Å². The number of thioether (sulfide) groups is 1. The normalized spacial score (nSPS) is 10.8. The van der Waals surface area contributed by atoms with Gasteiger partial charge in [0.05, 0.1) is 0 Å². The Hall–Kier alpha value is -1.00. The van der Waals surface area contributed by atoms with E-state index in [0.29, 0.717) is 6.42 Å². The first-order valence-corrected chi connectivity index (χ1v) is 8.32. The summed E-state index contributed by atoms with van der Waals surface area (Å²) in [6.45, 7) is 10.1. The molecule has 1 N–H and O–H groups in total. The molecule has 0 unspecified atom stereocenters. The number of amides is 1. The predicted molar refractivity (Wildman–Crippen MR) is 87.3 cm³/mol. The minimum absolute atomic E-state index is 0.150. The third kappa shape index (κ3) is 6.96. The van der Waals surface area contributed by atoms with Crippen molar-refractivity contribution in [1.82, 2.24) is 10.2 Å². The Morgan fingerprint density at radius 1 is 1.20 bits per heavy atom. The summed E-state index contributed by atoms with van der Waals surface area (Å²) in [4.78, 5) is 15.2. The van der Waals surface area contributed by atoms with Gasteiger partial charge in [0.1, 0.15) is 0 Å². The van der Waals surface area contributed by atoms with Crippen LogP contribution in [0.3, 0.4) is 0 Å². The predicted octanol–water partition coefficient (Wildman–Crippen LogP) is 2.94. The Balaban J connectivity index is 2.12. The van der Waals surface area contributed by atoms with Crippen LogP contribution in [-0.4, -0.2) is 42.7 Å². The molecule has 1 amide bonds. The number of carbonyl (C=O) groups excluding carboxylic acids is 1. The molecule has 112 valence electrons. The molecular formula is C16H26N2OS. The number of hydrogen-bond donors (Lipinski definition) is 1. The summed E-state index contributed by atoms with van der Waals surface area (Å²) >= 11 is 1.73. The number of nitrogens with zero attached hydrogens (tertiary/aromatic N) is 1. The van der Waals surface area contributed by atoms with Crippen LogP contribution in [-0.2, 0) is 4.79 Å². The molecule has 0 saturated carbocycles. The van der Waals surface area contributed by atoms with Crippen LogP contribution in [0.1, 0.15) is 25.8 Å². The summed E-state index contributed by atoms with van der Waals surface area (Å²) in [5.74, 6) is 0.983. The van der Waals surface area contributed by atoms with Gasteiger partial charge >= 0.3 is 0 Å². The standard InChI is InChI=1S/C16H26N2OS/c1-4-18(5-2)12-11-17-16(19)10-13-20-15-8-6-14(3)7-9-15/h6-9H,4-5,10-13H2,1-3H3,(H,17,19). The molecule has 0 aromatic heterocycles. The average molecular weight is 294 g/mol. The summed E-state index contributed by atoms with van der Waals surface area (Å²) in [6.07, 6.45) is 0.580. The van der Waals surface area contributed by atoms with E-state index in [0.717, 1.165) is 31.9 Å². The van der Waals surface area contributed by atoms with Gasteiger partial charge in [0.2, 0.25) is 5.91 Å². The highest BCUT2D eigenvalue weighted by Crippen LogP contribution is 2.18. The summed E-state index contributed by atoms with van der Waals surface area (Å²) < 4.78 is 0. The summed E-state index contributed by atoms with van der Waals surface area (Å²) in [6, 6.07) is 8.43. The van der Waals surface area contributed by atoms with Crippen molar-refractivity contribution in [2.75, 3.05) is 31.9 Å². The Bertz CT molecular complexity index is 388. The molecule has 0 atom stereocenters. The van der Waals surface area contributed by atoms with Crippen LogP contribution in [0.15, 0.2) is 29.2 Å². The Labute approximate surface area is 127 Å². The van der Waals surface area contributed by atoms with Crippen molar-refractivity contribution in [2.24, 2.45) is 0 Å². The second kappa shape index (κ2) is 9.83. The summed E-state index contributed by atoms with van der Waals surface area (Å²) in [5.41, 5.74) is 1.27. The molecule has 1 rings (SSSR count). The van der Waals surface area contributed by atoms with Gasteiger partial charge in [-0.3, -0.25) is 4.79 Å². The highest BCUT2D eigenvalue weighted by Gasteiger charge is 2.03. The van der Waals surface area contributed by atoms with Gasteiger partial charge in [0, 0.05) is 30.2 Å². The van der Waals surface area contributed by atoms with Crippen molar-refractivity contribution >= 4 is 17.7 Å². The van der Waals surface area contributed by atoms with E-state index in [2.05, 4.69) is 55.3 Å². The van der Waals surface area contributed by atoms with Crippen LogP contribution in [0.4, 0.5) is 0 Å². The zero-order chi connectivity index (χ0) is 14.8. The highest BCUT2D eigenvalue weighted by molar-refractivity contribution is 7.99. The van der Waals surface area contributed by atoms with Crippen molar-refractivity contribution < 1.29 is 4.79 Å². The number of rotatable bonds is 9. The van der Waals surface area contributed by atoms with Crippen molar-refractivity contribution in [2.45, 2.75) is 32.1 Å². The first-order valence-electron chi connectivity index (χ1n) is 7.34. The third-order valence-corrected chi connectivity index (χ3v) is 4.28. The molecule has 0 bridgehead atoms. The van der Waals surface area contributed by atoms with Gasteiger partial charge in [-0.1, -0.05) is 31.5 Å². The zero-order valence-corrected chi connectivity index (χ0v) is 13.6. The maximum Gasteiger partial charge on any atom is 0.220 e. The summed E-state index contributed by atoms with van der Waals surface area (Å²) in [7, 11) is 0. The van der Waals surface area contributed by atoms with E-state index >= 15 is 0 Å². The van der Waals surface area contributed by atoms with Crippen molar-refractivity contribution in [3.05, 3.63) is 29.8 Å². The Morgan fingerprint density at radius 3 is 2.45 bits per heavy atom. The van der Waals surface area contributed by atoms with E-state index in [1.807, 2.05) is 0 Å². The molecular weight excluding hydrogens is 268 g/mol. The lowest BCUT2D eigenvalue weighted by Crippen LogP contribution is -2.34. The lowest BCUT2D eigenvalue weighted by molar-refractivity contribution is -0.120. The minimum Gasteiger partial charge on any atom is -0.355 e. The molecule has 0 spiro atoms. The van der Waals surface area contributed by atoms with E-state index < -0.39 is 0 Å². The van der Waals surface area contributed by atoms with E-state index in [1.165, 1.54) is 10.5 Å². The molecule has 0 radical (unpaired) electrons. The van der Waals surface area contributed by atoms with Gasteiger partial charge in [-0.05, 0) is 32.1 Å². The van der Waals surface area contributed by atoms with Crippen molar-refractivity contribution in [3.8, 4) is 0 Å². The van der Waals surface area contributed by atoms with E-state index in [4.69, 9.17) is 0 Å². The molecule has 0 aliphatic carbocycles. The van der Waals surface area contributed by atoms with Gasteiger partial charge in [-0.15, -0.1) is 11.8 Å². The first-order chi connectivity index (χ1) is 9.65. The fourth-order valence-corrected chi connectivity index (χ4v) is 2.73. The summed E-state index contributed by atoms with van der Waals surface area (Å²) in [5, 5.41) is 2.98. The molecule has 0 aliphatic heterocycles. The van der Waals surface area contributed by atoms with Gasteiger partial charge in [0.15, 0.2) is 0 Å². The molecule has 0 fully saturated rings. The van der Waals surface area contributed by atoms with E-state index in [9.17, 15) is 4.79 Å². The van der Waals surface area contributed by atoms with Crippen LogP contribution in [0.5, 0.6) is 0 Å². The molecule has 1 aromatic carbocycles. The number of carbonyl (C=O) groups is 1. The molecule has 1 aromatic rings. The number of nitrogens with one attached hydrogen (secondary N) is 1. The maximum absolute atomic E-state index is 11.7. The molecule has 3 nitrogen and oxygen atoms in total. The number of aryl methyl sites for hydroxylation is 1. The average Bonchev–Trinajstić information content (AvgIpc) is 2.46. The zero-order valence-electron chi connectivity index (χ0n) is 12.8. The molecule has 4 heteroatoms. The van der Waals surface area contributed by atoms with Gasteiger partial charge in [-0.2, -0.15) is 0 Å². The SMILES string of the molecule is CCN(CC)CCNC(=O)CCSc1ccc(C)cc1. The first kappa shape index (κ1) is 17.1. The third-order valence-electron chi connectivity index (χ3n) is 3.26. The minimum atomic E-state index is 0.150. The van der Waals surface area contributed by atoms with Gasteiger partial charge < -0.3 is 10.2 Å². The lowest BCUT2D eigenvalue weighted by Gasteiger charge is -2.17. The quantitative estimate of drug-likeness (QED) is 0.711. The Morgan fingerprint density at radius 2 is 1.85 bits per heavy atom. The Kier molecular flexibility index (Phi) is 8.38. The largest absolute Gasteiger partial charge is 0.355 e. The maximum atomic E-state index is 11.7. The lowest BCUT2D eigenvalue weighted by atomic mass is 10.2. The smallest absolute Gasteiger partial charge is 0.220 e. The van der Waals surface area contributed by atoms with Crippen LogP contribution in [0.2, 0.25) is 0 Å². The molecule has 20 heavy (non-hydrogen) atoms. The van der Waals surface area contributed by atoms with Crippen LogP contribution in [0.25, 0.3) is 0 Å². The van der Waals surface area contributed by atoms with Crippen molar-refractivity contribution in [1.29, 1.82) is 0 Å². The number of likely N-dealkylation sites (N-methyl/N-ethyl adjacent to an activating group) is 1. The van der Waals surface area contributed by atoms with E-state index in [1.54, 1.807) is 11.8 Å². The second-order valence-corrected chi connectivity index (χ2v) is 5.96. The van der Waals surface area contributed by atoms with Gasteiger partial charge in [0.25, 0.3) is 0 Å². The number of benzene rings is 1. The highest BCUT2D eigenvalue weighted by atomic mass is 32.2. The van der Waals surface area contributed by atoms with Crippen LogP contribution in [0, 0.1) is 6.92 Å². The number of hydrogen-bond acceptors (Lipinski definition) is 3. The fourth-order valence-electron chi connectivity index (χ4n) is 1.88. The topological polar surface area (TPSA) is 32.3 Å². The van der Waals surface area contributed by atoms with Crippen LogP contribution < -0.4 is 5.32 Å².